The van der Waals surface area contributed by atoms with Crippen LogP contribution in [-0.4, -0.2) is 15.7 Å². The van der Waals surface area contributed by atoms with Crippen molar-refractivity contribution in [3.8, 4) is 0 Å². The Labute approximate surface area is 156 Å². The number of carbonyl (C=O) groups is 1. The second kappa shape index (κ2) is 8.62. The van der Waals surface area contributed by atoms with E-state index in [0.29, 0.717) is 24.4 Å². The number of benzene rings is 2. The molecule has 1 aromatic heterocycles. The molecule has 0 N–H and O–H groups in total. The fourth-order valence-electron chi connectivity index (χ4n) is 2.67. The summed E-state index contributed by atoms with van der Waals surface area (Å²) in [6.45, 7) is 0.712. The first-order valence-electron chi connectivity index (χ1n) is 8.40. The van der Waals surface area contributed by atoms with Gasteiger partial charge in [-0.25, -0.2) is 0 Å². The summed E-state index contributed by atoms with van der Waals surface area (Å²) in [6, 6.07) is 19.5. The normalized spacial score (nSPS) is 10.8. The Morgan fingerprint density at radius 1 is 1.00 bits per heavy atom. The Balaban J connectivity index is 1.81. The second-order valence-electron chi connectivity index (χ2n) is 5.91. The molecular weight excluding hydrogens is 344 g/mol. The van der Waals surface area contributed by atoms with Gasteiger partial charge in [0.25, 0.3) is 5.69 Å². The third-order valence-corrected chi connectivity index (χ3v) is 3.99. The summed E-state index contributed by atoms with van der Waals surface area (Å²) in [6.07, 6.45) is 4.39. The fourth-order valence-corrected chi connectivity index (χ4v) is 2.67. The van der Waals surface area contributed by atoms with Gasteiger partial charge in [-0.15, -0.1) is 0 Å². The molecule has 0 saturated carbocycles. The van der Waals surface area contributed by atoms with Crippen molar-refractivity contribution in [1.82, 2.24) is 4.90 Å². The van der Waals surface area contributed by atoms with Crippen molar-refractivity contribution in [1.29, 1.82) is 0 Å². The highest BCUT2D eigenvalue weighted by Gasteiger charge is 2.15. The summed E-state index contributed by atoms with van der Waals surface area (Å²) >= 11 is 0. The van der Waals surface area contributed by atoms with Crippen molar-refractivity contribution in [2.45, 2.75) is 13.1 Å². The SMILES string of the molecule is O=C(C=Cc1ccccc1[N+](=O)[O-])N(Cc1ccccc1)Cc1ccco1. The molecule has 1 amide bonds. The summed E-state index contributed by atoms with van der Waals surface area (Å²) < 4.78 is 5.36. The first kappa shape index (κ1) is 18.1. The van der Waals surface area contributed by atoms with Crippen molar-refractivity contribution in [2.24, 2.45) is 0 Å². The number of carbonyl (C=O) groups excluding carboxylic acids is 1. The van der Waals surface area contributed by atoms with Crippen LogP contribution >= 0.6 is 0 Å². The number of hydrogen-bond donors (Lipinski definition) is 0. The molecule has 6 nitrogen and oxygen atoms in total. The van der Waals surface area contributed by atoms with Crippen LogP contribution in [-0.2, 0) is 17.9 Å². The van der Waals surface area contributed by atoms with Crippen LogP contribution < -0.4 is 0 Å². The lowest BCUT2D eigenvalue weighted by Crippen LogP contribution is -2.28. The molecule has 0 aliphatic heterocycles. The summed E-state index contributed by atoms with van der Waals surface area (Å²) in [5.74, 6) is 0.409. The van der Waals surface area contributed by atoms with Gasteiger partial charge in [-0.2, -0.15) is 0 Å². The molecule has 0 aliphatic rings. The number of nitro groups is 1. The minimum Gasteiger partial charge on any atom is -0.467 e. The lowest BCUT2D eigenvalue weighted by molar-refractivity contribution is -0.385. The van der Waals surface area contributed by atoms with Crippen molar-refractivity contribution in [2.75, 3.05) is 0 Å². The van der Waals surface area contributed by atoms with E-state index in [4.69, 9.17) is 4.42 Å². The third kappa shape index (κ3) is 4.92. The molecule has 0 fully saturated rings. The Bertz CT molecular complexity index is 934. The molecular formula is C21H18N2O4. The van der Waals surface area contributed by atoms with E-state index in [1.54, 1.807) is 41.5 Å². The van der Waals surface area contributed by atoms with Gasteiger partial charge in [-0.3, -0.25) is 14.9 Å². The van der Waals surface area contributed by atoms with Crippen LogP contribution in [0.3, 0.4) is 0 Å². The molecule has 136 valence electrons. The number of para-hydroxylation sites is 1. The number of amides is 1. The van der Waals surface area contributed by atoms with E-state index in [1.165, 1.54) is 18.2 Å². The van der Waals surface area contributed by atoms with E-state index in [1.807, 2.05) is 30.3 Å². The molecule has 0 spiro atoms. The van der Waals surface area contributed by atoms with Crippen LogP contribution in [0.5, 0.6) is 0 Å². The Morgan fingerprint density at radius 3 is 2.44 bits per heavy atom. The van der Waals surface area contributed by atoms with Crippen LogP contribution in [0.15, 0.2) is 83.5 Å². The first-order valence-corrected chi connectivity index (χ1v) is 8.40. The summed E-state index contributed by atoms with van der Waals surface area (Å²) in [4.78, 5) is 25.0. The maximum atomic E-state index is 12.8. The standard InChI is InChI=1S/C21H18N2O4/c24-21(13-12-18-9-4-5-11-20(18)23(25)26)22(16-19-10-6-14-27-19)15-17-7-2-1-3-8-17/h1-14H,15-16H2. The highest BCUT2D eigenvalue weighted by atomic mass is 16.6. The van der Waals surface area contributed by atoms with E-state index in [-0.39, 0.29) is 11.6 Å². The maximum absolute atomic E-state index is 12.8. The van der Waals surface area contributed by atoms with Crippen molar-refractivity contribution >= 4 is 17.7 Å². The number of furan rings is 1. The molecule has 0 atom stereocenters. The molecule has 0 aliphatic carbocycles. The fraction of sp³-hybridized carbons (Fsp3) is 0.0952. The van der Waals surface area contributed by atoms with E-state index < -0.39 is 4.92 Å². The lowest BCUT2D eigenvalue weighted by atomic mass is 10.1. The molecule has 3 rings (SSSR count). The quantitative estimate of drug-likeness (QED) is 0.354. The summed E-state index contributed by atoms with van der Waals surface area (Å²) in [5, 5.41) is 11.1. The van der Waals surface area contributed by atoms with Gasteiger partial charge in [-0.1, -0.05) is 42.5 Å². The largest absolute Gasteiger partial charge is 0.467 e. The zero-order valence-electron chi connectivity index (χ0n) is 14.5. The second-order valence-corrected chi connectivity index (χ2v) is 5.91. The van der Waals surface area contributed by atoms with Crippen LogP contribution in [0.2, 0.25) is 0 Å². The highest BCUT2D eigenvalue weighted by molar-refractivity contribution is 5.92. The minimum absolute atomic E-state index is 0.0396. The van der Waals surface area contributed by atoms with E-state index in [9.17, 15) is 14.9 Å². The summed E-state index contributed by atoms with van der Waals surface area (Å²) in [5.41, 5.74) is 1.33. The van der Waals surface area contributed by atoms with Crippen molar-refractivity contribution in [3.05, 3.63) is 106 Å². The van der Waals surface area contributed by atoms with Gasteiger partial charge in [0, 0.05) is 18.7 Å². The molecule has 0 bridgehead atoms. The van der Waals surface area contributed by atoms with Gasteiger partial charge in [0.2, 0.25) is 5.91 Å². The van der Waals surface area contributed by atoms with Gasteiger partial charge in [0.1, 0.15) is 5.76 Å². The van der Waals surface area contributed by atoms with Crippen LogP contribution in [0.4, 0.5) is 5.69 Å². The smallest absolute Gasteiger partial charge is 0.276 e. The molecule has 0 saturated heterocycles. The first-order chi connectivity index (χ1) is 13.1. The number of nitrogens with zero attached hydrogens (tertiary/aromatic N) is 2. The topological polar surface area (TPSA) is 76.6 Å². The molecule has 0 unspecified atom stereocenters. The molecule has 27 heavy (non-hydrogen) atoms. The Hall–Kier alpha value is -3.67. The average molecular weight is 362 g/mol. The molecule has 2 aromatic carbocycles. The van der Waals surface area contributed by atoms with E-state index >= 15 is 0 Å². The van der Waals surface area contributed by atoms with Gasteiger partial charge >= 0.3 is 0 Å². The number of nitro benzene ring substituents is 1. The number of rotatable bonds is 7. The van der Waals surface area contributed by atoms with Gasteiger partial charge in [-0.05, 0) is 29.8 Å². The van der Waals surface area contributed by atoms with Crippen LogP contribution in [0.25, 0.3) is 6.08 Å². The zero-order valence-corrected chi connectivity index (χ0v) is 14.5. The molecule has 1 heterocycles. The van der Waals surface area contributed by atoms with Crippen molar-refractivity contribution in [3.63, 3.8) is 0 Å². The summed E-state index contributed by atoms with van der Waals surface area (Å²) in [7, 11) is 0. The third-order valence-electron chi connectivity index (χ3n) is 3.99. The van der Waals surface area contributed by atoms with Crippen LogP contribution in [0.1, 0.15) is 16.9 Å². The molecule has 0 radical (unpaired) electrons. The highest BCUT2D eigenvalue weighted by Crippen LogP contribution is 2.19. The predicted octanol–water partition coefficient (Wildman–Crippen LogP) is 4.43. The van der Waals surface area contributed by atoms with E-state index in [2.05, 4.69) is 0 Å². The Morgan fingerprint density at radius 2 is 1.74 bits per heavy atom. The maximum Gasteiger partial charge on any atom is 0.276 e. The Kier molecular flexibility index (Phi) is 5.79. The lowest BCUT2D eigenvalue weighted by Gasteiger charge is -2.20. The zero-order chi connectivity index (χ0) is 19.1. The monoisotopic (exact) mass is 362 g/mol. The van der Waals surface area contributed by atoms with E-state index in [0.717, 1.165) is 5.56 Å². The molecule has 6 heteroatoms. The predicted molar refractivity (Wildman–Crippen MR) is 102 cm³/mol. The van der Waals surface area contributed by atoms with Gasteiger partial charge in [0.05, 0.1) is 23.3 Å². The van der Waals surface area contributed by atoms with Gasteiger partial charge < -0.3 is 9.32 Å². The molecule has 3 aromatic rings. The minimum atomic E-state index is -0.464. The van der Waals surface area contributed by atoms with Crippen molar-refractivity contribution < 1.29 is 14.1 Å². The van der Waals surface area contributed by atoms with Crippen LogP contribution in [0, 0.1) is 10.1 Å². The average Bonchev–Trinajstić information content (AvgIpc) is 3.19. The van der Waals surface area contributed by atoms with Gasteiger partial charge in [0.15, 0.2) is 0 Å². The number of hydrogen-bond acceptors (Lipinski definition) is 4.